The summed E-state index contributed by atoms with van der Waals surface area (Å²) >= 11 is 0. The number of aryl methyl sites for hydroxylation is 2. The molecule has 4 nitrogen and oxygen atoms in total. The summed E-state index contributed by atoms with van der Waals surface area (Å²) in [5.41, 5.74) is -1.58. The Labute approximate surface area is 120 Å². The minimum absolute atomic E-state index is 0.127. The van der Waals surface area contributed by atoms with Crippen LogP contribution >= 0.6 is 0 Å². The van der Waals surface area contributed by atoms with Gasteiger partial charge in [0, 0.05) is 31.5 Å². The van der Waals surface area contributed by atoms with Crippen LogP contribution in [-0.2, 0) is 0 Å². The van der Waals surface area contributed by atoms with Crippen molar-refractivity contribution in [1.29, 1.82) is 0 Å². The Morgan fingerprint density at radius 3 is 2.10 bits per heavy atom. The van der Waals surface area contributed by atoms with E-state index < -0.39 is 24.6 Å². The average molecular weight is 305 g/mol. The molecular formula is C14H18F3NO3. The van der Waals surface area contributed by atoms with Crippen molar-refractivity contribution in [3.63, 3.8) is 0 Å². The number of alkyl halides is 3. The van der Waals surface area contributed by atoms with E-state index in [1.807, 2.05) is 0 Å². The maximum Gasteiger partial charge on any atom is 0.417 e. The Morgan fingerprint density at radius 1 is 1.19 bits per heavy atom. The van der Waals surface area contributed by atoms with Crippen LogP contribution in [0.1, 0.15) is 40.3 Å². The number of halogens is 3. The Hall–Kier alpha value is -1.50. The van der Waals surface area contributed by atoms with E-state index in [0.717, 1.165) is 0 Å². The summed E-state index contributed by atoms with van der Waals surface area (Å²) < 4.78 is 43.6. The number of rotatable bonds is 1. The highest BCUT2D eigenvalue weighted by Gasteiger charge is 2.55. The average Bonchev–Trinajstić information content (AvgIpc) is 2.62. The minimum atomic E-state index is -4.67. The zero-order valence-electron chi connectivity index (χ0n) is 12.2. The molecular weight excluding hydrogens is 287 g/mol. The van der Waals surface area contributed by atoms with Crippen molar-refractivity contribution < 1.29 is 27.5 Å². The molecule has 1 aliphatic heterocycles. The van der Waals surface area contributed by atoms with Crippen LogP contribution in [0.5, 0.6) is 0 Å². The molecule has 21 heavy (non-hydrogen) atoms. The molecule has 0 radical (unpaired) electrons. The number of furan rings is 1. The fourth-order valence-electron chi connectivity index (χ4n) is 2.63. The van der Waals surface area contributed by atoms with Gasteiger partial charge in [-0.1, -0.05) is 0 Å². The fourth-order valence-corrected chi connectivity index (χ4v) is 2.63. The number of piperidine rings is 1. The van der Waals surface area contributed by atoms with E-state index in [1.165, 1.54) is 4.90 Å². The van der Waals surface area contributed by atoms with Crippen molar-refractivity contribution >= 4 is 5.91 Å². The van der Waals surface area contributed by atoms with Gasteiger partial charge < -0.3 is 14.4 Å². The van der Waals surface area contributed by atoms with Gasteiger partial charge in [0.2, 0.25) is 0 Å². The normalized spacial score (nSPS) is 18.9. The van der Waals surface area contributed by atoms with Crippen LogP contribution in [0.15, 0.2) is 4.42 Å². The van der Waals surface area contributed by atoms with E-state index in [4.69, 9.17) is 4.42 Å². The Morgan fingerprint density at radius 2 is 1.71 bits per heavy atom. The second kappa shape index (κ2) is 5.05. The van der Waals surface area contributed by atoms with Crippen molar-refractivity contribution in [2.45, 2.75) is 45.4 Å². The van der Waals surface area contributed by atoms with Gasteiger partial charge in [-0.15, -0.1) is 0 Å². The summed E-state index contributed by atoms with van der Waals surface area (Å²) in [5, 5.41) is 9.61. The van der Waals surface area contributed by atoms with Crippen LogP contribution < -0.4 is 0 Å². The molecule has 0 aliphatic carbocycles. The molecule has 7 heteroatoms. The zero-order chi connectivity index (χ0) is 16.0. The quantitative estimate of drug-likeness (QED) is 0.868. The SMILES string of the molecule is Cc1oc(C)c(C(=O)N2CCC(O)(C(F)(F)F)CC2)c1C. The first-order chi connectivity index (χ1) is 9.57. The van der Waals surface area contributed by atoms with Gasteiger partial charge in [0.05, 0.1) is 5.56 Å². The lowest BCUT2D eigenvalue weighted by molar-refractivity contribution is -0.271. The summed E-state index contributed by atoms with van der Waals surface area (Å²) in [5.74, 6) is 0.748. The molecule has 0 spiro atoms. The molecule has 0 bridgehead atoms. The lowest BCUT2D eigenvalue weighted by Gasteiger charge is -2.39. The standard InChI is InChI=1S/C14H18F3NO3/c1-8-9(2)21-10(3)11(8)12(19)18-6-4-13(20,5-7-18)14(15,16)17/h20H,4-7H2,1-3H3. The topological polar surface area (TPSA) is 53.7 Å². The van der Waals surface area contributed by atoms with Crippen molar-refractivity contribution in [2.24, 2.45) is 0 Å². The first kappa shape index (κ1) is 15.9. The highest BCUT2D eigenvalue weighted by Crippen LogP contribution is 2.38. The van der Waals surface area contributed by atoms with Crippen LogP contribution in [0.2, 0.25) is 0 Å². The van der Waals surface area contributed by atoms with Crippen molar-refractivity contribution in [1.82, 2.24) is 4.90 Å². The van der Waals surface area contributed by atoms with E-state index in [2.05, 4.69) is 0 Å². The number of hydrogen-bond donors (Lipinski definition) is 1. The maximum atomic E-state index is 12.7. The van der Waals surface area contributed by atoms with Crippen molar-refractivity contribution in [3.8, 4) is 0 Å². The summed E-state index contributed by atoms with van der Waals surface area (Å²) in [6.07, 6.45) is -5.67. The Bertz CT molecular complexity index is 555. The summed E-state index contributed by atoms with van der Waals surface area (Å²) in [7, 11) is 0. The Balaban J connectivity index is 2.14. The molecule has 1 saturated heterocycles. The number of hydrogen-bond acceptors (Lipinski definition) is 3. The van der Waals surface area contributed by atoms with Crippen LogP contribution in [0.25, 0.3) is 0 Å². The predicted octanol–water partition coefficient (Wildman–Crippen LogP) is 2.73. The maximum absolute atomic E-state index is 12.7. The number of likely N-dealkylation sites (tertiary alicyclic amines) is 1. The largest absolute Gasteiger partial charge is 0.466 e. The number of amides is 1. The number of nitrogens with zero attached hydrogens (tertiary/aromatic N) is 1. The summed E-state index contributed by atoms with van der Waals surface area (Å²) in [4.78, 5) is 13.8. The molecule has 0 saturated carbocycles. The van der Waals surface area contributed by atoms with E-state index in [0.29, 0.717) is 22.6 Å². The zero-order valence-corrected chi connectivity index (χ0v) is 12.2. The fraction of sp³-hybridized carbons (Fsp3) is 0.643. The van der Waals surface area contributed by atoms with Crippen LogP contribution in [-0.4, -0.2) is 40.8 Å². The van der Waals surface area contributed by atoms with Crippen molar-refractivity contribution in [2.75, 3.05) is 13.1 Å². The summed E-state index contributed by atoms with van der Waals surface area (Å²) in [6.45, 7) is 4.88. The predicted molar refractivity (Wildman–Crippen MR) is 69.1 cm³/mol. The van der Waals surface area contributed by atoms with E-state index >= 15 is 0 Å². The van der Waals surface area contributed by atoms with Gasteiger partial charge in [-0.25, -0.2) is 0 Å². The van der Waals surface area contributed by atoms with E-state index in [-0.39, 0.29) is 19.0 Å². The van der Waals surface area contributed by atoms with Crippen molar-refractivity contribution in [3.05, 3.63) is 22.6 Å². The Kier molecular flexibility index (Phi) is 3.82. The van der Waals surface area contributed by atoms with Gasteiger partial charge in [0.25, 0.3) is 5.91 Å². The third-order valence-corrected chi connectivity index (χ3v) is 4.18. The molecule has 1 aromatic rings. The van der Waals surface area contributed by atoms with Gasteiger partial charge in [0.15, 0.2) is 5.60 Å². The number of carbonyl (C=O) groups excluding carboxylic acids is 1. The van der Waals surface area contributed by atoms with Gasteiger partial charge in [0.1, 0.15) is 11.5 Å². The van der Waals surface area contributed by atoms with E-state index in [1.54, 1.807) is 20.8 Å². The van der Waals surface area contributed by atoms with E-state index in [9.17, 15) is 23.1 Å². The monoisotopic (exact) mass is 305 g/mol. The molecule has 1 fully saturated rings. The molecule has 0 atom stereocenters. The third-order valence-electron chi connectivity index (χ3n) is 4.18. The van der Waals surface area contributed by atoms with Crippen LogP contribution in [0, 0.1) is 20.8 Å². The molecule has 0 unspecified atom stereocenters. The molecule has 0 aromatic carbocycles. The lowest BCUT2D eigenvalue weighted by atomic mass is 9.90. The van der Waals surface area contributed by atoms with Gasteiger partial charge in [-0.05, 0) is 20.8 Å². The molecule has 1 amide bonds. The first-order valence-electron chi connectivity index (χ1n) is 6.72. The summed E-state index contributed by atoms with van der Waals surface area (Å²) in [6, 6.07) is 0. The molecule has 1 aliphatic rings. The van der Waals surface area contributed by atoms with Crippen LogP contribution in [0.4, 0.5) is 13.2 Å². The molecule has 118 valence electrons. The second-order valence-electron chi connectivity index (χ2n) is 5.54. The minimum Gasteiger partial charge on any atom is -0.466 e. The highest BCUT2D eigenvalue weighted by atomic mass is 19.4. The first-order valence-corrected chi connectivity index (χ1v) is 6.72. The molecule has 2 heterocycles. The molecule has 1 N–H and O–H groups in total. The van der Waals surface area contributed by atoms with Gasteiger partial charge in [-0.3, -0.25) is 4.79 Å². The van der Waals surface area contributed by atoms with Gasteiger partial charge >= 0.3 is 6.18 Å². The number of aliphatic hydroxyl groups is 1. The van der Waals surface area contributed by atoms with Crippen LogP contribution in [0.3, 0.4) is 0 Å². The molecule has 2 rings (SSSR count). The smallest absolute Gasteiger partial charge is 0.417 e. The van der Waals surface area contributed by atoms with Gasteiger partial charge in [-0.2, -0.15) is 13.2 Å². The molecule has 1 aromatic heterocycles. The number of carbonyl (C=O) groups is 1. The highest BCUT2D eigenvalue weighted by molar-refractivity contribution is 5.97. The lowest BCUT2D eigenvalue weighted by Crippen LogP contribution is -2.54. The second-order valence-corrected chi connectivity index (χ2v) is 5.54. The third kappa shape index (κ3) is 2.66.